The molecule has 1 unspecified atom stereocenters. The van der Waals surface area contributed by atoms with Crippen LogP contribution in [0, 0.1) is 22.9 Å². The van der Waals surface area contributed by atoms with Crippen molar-refractivity contribution in [2.24, 2.45) is 0 Å². The van der Waals surface area contributed by atoms with E-state index in [1.54, 1.807) is 6.92 Å². The van der Waals surface area contributed by atoms with E-state index in [4.69, 9.17) is 4.74 Å². The summed E-state index contributed by atoms with van der Waals surface area (Å²) in [5.41, 5.74) is 0.456. The van der Waals surface area contributed by atoms with Crippen molar-refractivity contribution in [3.63, 3.8) is 0 Å². The summed E-state index contributed by atoms with van der Waals surface area (Å²) in [6.45, 7) is 4.06. The zero-order valence-corrected chi connectivity index (χ0v) is 10.6. The fourth-order valence-corrected chi connectivity index (χ4v) is 1.95. The zero-order chi connectivity index (χ0) is 13.8. The molecule has 0 aliphatic carbocycles. The fourth-order valence-electron chi connectivity index (χ4n) is 1.95. The van der Waals surface area contributed by atoms with Crippen LogP contribution in [0.5, 0.6) is 0 Å². The van der Waals surface area contributed by atoms with Gasteiger partial charge in [0.2, 0.25) is 0 Å². The summed E-state index contributed by atoms with van der Waals surface area (Å²) in [5, 5.41) is 17.1. The van der Waals surface area contributed by atoms with Crippen molar-refractivity contribution in [2.45, 2.75) is 13.0 Å². The lowest BCUT2D eigenvalue weighted by atomic mass is 10.1. The Bertz CT molecular complexity index is 476. The van der Waals surface area contributed by atoms with Crippen LogP contribution in [0.1, 0.15) is 5.56 Å². The molecule has 0 amide bonds. The lowest BCUT2D eigenvalue weighted by Crippen LogP contribution is -2.45. The van der Waals surface area contributed by atoms with Crippen LogP contribution in [0.15, 0.2) is 12.1 Å². The molecule has 1 saturated heterocycles. The van der Waals surface area contributed by atoms with Gasteiger partial charge in [-0.2, -0.15) is 0 Å². The van der Waals surface area contributed by atoms with Crippen LogP contribution in [0.2, 0.25) is 0 Å². The van der Waals surface area contributed by atoms with E-state index in [0.29, 0.717) is 31.0 Å². The van der Waals surface area contributed by atoms with Gasteiger partial charge >= 0.3 is 0 Å². The number of hydrogen-bond acceptors (Lipinski definition) is 5. The highest BCUT2D eigenvalue weighted by molar-refractivity contribution is 5.63. The van der Waals surface area contributed by atoms with Crippen molar-refractivity contribution in [3.05, 3.63) is 33.6 Å². The van der Waals surface area contributed by atoms with Crippen LogP contribution in [0.4, 0.5) is 15.8 Å². The van der Waals surface area contributed by atoms with Crippen LogP contribution in [0.3, 0.4) is 0 Å². The minimum absolute atomic E-state index is 0.0960. The predicted molar refractivity (Wildman–Crippen MR) is 68.9 cm³/mol. The molecule has 1 aromatic carbocycles. The van der Waals surface area contributed by atoms with Crippen molar-refractivity contribution in [1.82, 2.24) is 5.32 Å². The fraction of sp³-hybridized carbons (Fsp3) is 0.500. The maximum Gasteiger partial charge on any atom is 0.295 e. The minimum atomic E-state index is -0.588. The Labute approximate surface area is 110 Å². The molecule has 19 heavy (non-hydrogen) atoms. The molecule has 1 aliphatic heterocycles. The van der Waals surface area contributed by atoms with E-state index in [9.17, 15) is 14.5 Å². The van der Waals surface area contributed by atoms with Gasteiger partial charge in [-0.25, -0.2) is 4.39 Å². The van der Waals surface area contributed by atoms with E-state index in [1.165, 1.54) is 6.07 Å². The number of nitro groups is 1. The van der Waals surface area contributed by atoms with Gasteiger partial charge in [0.1, 0.15) is 11.5 Å². The normalized spacial score (nSPS) is 19.2. The second-order valence-corrected chi connectivity index (χ2v) is 4.48. The van der Waals surface area contributed by atoms with Gasteiger partial charge in [-0.05, 0) is 18.6 Å². The first kappa shape index (κ1) is 13.7. The van der Waals surface area contributed by atoms with Gasteiger partial charge in [0, 0.05) is 19.1 Å². The van der Waals surface area contributed by atoms with Crippen LogP contribution >= 0.6 is 0 Å². The quantitative estimate of drug-likeness (QED) is 0.639. The van der Waals surface area contributed by atoms with Crippen molar-refractivity contribution in [1.29, 1.82) is 0 Å². The van der Waals surface area contributed by atoms with Crippen LogP contribution in [0.25, 0.3) is 0 Å². The maximum atomic E-state index is 13.3. The second-order valence-electron chi connectivity index (χ2n) is 4.48. The van der Waals surface area contributed by atoms with Gasteiger partial charge in [-0.15, -0.1) is 0 Å². The van der Waals surface area contributed by atoms with Crippen molar-refractivity contribution >= 4 is 11.4 Å². The van der Waals surface area contributed by atoms with E-state index in [-0.39, 0.29) is 11.7 Å². The van der Waals surface area contributed by atoms with Gasteiger partial charge in [-0.3, -0.25) is 10.1 Å². The van der Waals surface area contributed by atoms with Crippen molar-refractivity contribution < 1.29 is 14.1 Å². The highest BCUT2D eigenvalue weighted by atomic mass is 19.1. The number of rotatable bonds is 4. The van der Waals surface area contributed by atoms with E-state index >= 15 is 0 Å². The van der Waals surface area contributed by atoms with Crippen LogP contribution in [-0.4, -0.2) is 37.3 Å². The van der Waals surface area contributed by atoms with Gasteiger partial charge < -0.3 is 15.4 Å². The molecular formula is C12H16FN3O3. The Morgan fingerprint density at radius 3 is 3.05 bits per heavy atom. The average molecular weight is 269 g/mol. The molecule has 0 aromatic heterocycles. The number of morpholine rings is 1. The molecule has 1 heterocycles. The molecule has 2 rings (SSSR count). The van der Waals surface area contributed by atoms with Crippen molar-refractivity contribution in [3.8, 4) is 0 Å². The van der Waals surface area contributed by atoms with E-state index in [1.807, 2.05) is 0 Å². The Hall–Kier alpha value is -1.73. The molecule has 2 N–H and O–H groups in total. The number of nitrogens with one attached hydrogen (secondary N) is 2. The summed E-state index contributed by atoms with van der Waals surface area (Å²) in [7, 11) is 0. The summed E-state index contributed by atoms with van der Waals surface area (Å²) < 4.78 is 18.6. The third-order valence-electron chi connectivity index (χ3n) is 3.01. The molecule has 1 aliphatic rings. The predicted octanol–water partition coefficient (Wildman–Crippen LogP) is 1.44. The van der Waals surface area contributed by atoms with E-state index in [2.05, 4.69) is 10.6 Å². The monoisotopic (exact) mass is 269 g/mol. The standard InChI is InChI=1S/C12H16FN3O3/c1-8-4-11(12(16(17)18)5-10(8)13)15-6-9-7-19-3-2-14-9/h4-5,9,14-15H,2-3,6-7H2,1H3. The lowest BCUT2D eigenvalue weighted by molar-refractivity contribution is -0.384. The summed E-state index contributed by atoms with van der Waals surface area (Å²) in [5.74, 6) is -0.573. The number of anilines is 1. The maximum absolute atomic E-state index is 13.3. The molecule has 6 nitrogen and oxygen atoms in total. The zero-order valence-electron chi connectivity index (χ0n) is 10.6. The smallest absolute Gasteiger partial charge is 0.295 e. The lowest BCUT2D eigenvalue weighted by Gasteiger charge is -2.24. The number of ether oxygens (including phenoxy) is 1. The first-order valence-corrected chi connectivity index (χ1v) is 6.07. The first-order valence-electron chi connectivity index (χ1n) is 6.07. The summed E-state index contributed by atoms with van der Waals surface area (Å²) in [4.78, 5) is 10.3. The highest BCUT2D eigenvalue weighted by Gasteiger charge is 2.19. The average Bonchev–Trinajstić information content (AvgIpc) is 2.40. The Morgan fingerprint density at radius 1 is 1.63 bits per heavy atom. The second kappa shape index (κ2) is 5.94. The molecule has 1 aromatic rings. The SMILES string of the molecule is Cc1cc(NCC2COCCN2)c([N+](=O)[O-])cc1F. The molecule has 1 fully saturated rings. The molecule has 1 atom stereocenters. The highest BCUT2D eigenvalue weighted by Crippen LogP contribution is 2.27. The van der Waals surface area contributed by atoms with E-state index < -0.39 is 10.7 Å². The number of aryl methyl sites for hydroxylation is 1. The molecule has 0 saturated carbocycles. The molecular weight excluding hydrogens is 253 g/mol. The molecule has 0 radical (unpaired) electrons. The summed E-state index contributed by atoms with van der Waals surface area (Å²) in [6.07, 6.45) is 0. The number of hydrogen-bond donors (Lipinski definition) is 2. The largest absolute Gasteiger partial charge is 0.378 e. The minimum Gasteiger partial charge on any atom is -0.378 e. The Balaban J connectivity index is 2.09. The van der Waals surface area contributed by atoms with Gasteiger partial charge in [-0.1, -0.05) is 0 Å². The number of nitrogens with zero attached hydrogens (tertiary/aromatic N) is 1. The third kappa shape index (κ3) is 3.39. The Morgan fingerprint density at radius 2 is 2.42 bits per heavy atom. The van der Waals surface area contributed by atoms with Gasteiger partial charge in [0.25, 0.3) is 5.69 Å². The number of nitro benzene ring substituents is 1. The van der Waals surface area contributed by atoms with E-state index in [0.717, 1.165) is 12.6 Å². The van der Waals surface area contributed by atoms with Crippen molar-refractivity contribution in [2.75, 3.05) is 31.6 Å². The topological polar surface area (TPSA) is 76.4 Å². The van der Waals surface area contributed by atoms with Crippen LogP contribution in [-0.2, 0) is 4.74 Å². The van der Waals surface area contributed by atoms with Gasteiger partial charge in [0.05, 0.1) is 24.2 Å². The molecule has 104 valence electrons. The summed E-state index contributed by atoms with van der Waals surface area (Å²) in [6, 6.07) is 2.50. The van der Waals surface area contributed by atoms with Gasteiger partial charge in [0.15, 0.2) is 0 Å². The molecule has 7 heteroatoms. The Kier molecular flexibility index (Phi) is 4.28. The molecule has 0 bridgehead atoms. The first-order chi connectivity index (χ1) is 9.08. The number of benzene rings is 1. The molecule has 0 spiro atoms. The van der Waals surface area contributed by atoms with Crippen LogP contribution < -0.4 is 10.6 Å². The third-order valence-corrected chi connectivity index (χ3v) is 3.01. The number of halogens is 1. The summed E-state index contributed by atoms with van der Waals surface area (Å²) >= 11 is 0.